The monoisotopic (exact) mass is 399 g/mol. The van der Waals surface area contributed by atoms with Gasteiger partial charge in [0, 0.05) is 42.7 Å². The minimum absolute atomic E-state index is 0.100. The lowest BCUT2D eigenvalue weighted by Gasteiger charge is -2.32. The third-order valence-corrected chi connectivity index (χ3v) is 6.13. The van der Waals surface area contributed by atoms with Crippen molar-refractivity contribution in [3.8, 4) is 0 Å². The van der Waals surface area contributed by atoms with Crippen molar-refractivity contribution in [2.45, 2.75) is 58.8 Å². The molecule has 6 heteroatoms. The second-order valence-corrected chi connectivity index (χ2v) is 8.30. The van der Waals surface area contributed by atoms with Crippen molar-refractivity contribution in [1.29, 1.82) is 0 Å². The molecule has 0 bridgehead atoms. The summed E-state index contributed by atoms with van der Waals surface area (Å²) in [4.78, 5) is 40.3. The lowest BCUT2D eigenvalue weighted by Crippen LogP contribution is -2.42. The van der Waals surface area contributed by atoms with Crippen molar-refractivity contribution >= 4 is 23.4 Å². The van der Waals surface area contributed by atoms with Crippen LogP contribution in [-0.2, 0) is 9.59 Å². The highest BCUT2D eigenvalue weighted by molar-refractivity contribution is 5.99. The SMILES string of the molecule is CCCNC(=O)c1ccc(C)c(NC(=O)[C@H]2CCCC[C@H]2C(=O)N2CCCC2)c1. The lowest BCUT2D eigenvalue weighted by molar-refractivity contribution is -0.141. The van der Waals surface area contributed by atoms with Gasteiger partial charge in [-0.3, -0.25) is 14.4 Å². The molecule has 0 radical (unpaired) electrons. The predicted molar refractivity (Wildman–Crippen MR) is 114 cm³/mol. The zero-order valence-corrected chi connectivity index (χ0v) is 17.6. The van der Waals surface area contributed by atoms with Gasteiger partial charge in [0.1, 0.15) is 0 Å². The predicted octanol–water partition coefficient (Wildman–Crippen LogP) is 3.50. The van der Waals surface area contributed by atoms with Gasteiger partial charge in [0.05, 0.1) is 0 Å². The van der Waals surface area contributed by atoms with Crippen molar-refractivity contribution in [1.82, 2.24) is 10.2 Å². The largest absolute Gasteiger partial charge is 0.352 e. The van der Waals surface area contributed by atoms with Crippen LogP contribution in [0.2, 0.25) is 0 Å². The van der Waals surface area contributed by atoms with Crippen LogP contribution in [0.5, 0.6) is 0 Å². The Morgan fingerprint density at radius 2 is 1.72 bits per heavy atom. The van der Waals surface area contributed by atoms with E-state index in [1.165, 1.54) is 0 Å². The molecular formula is C23H33N3O3. The maximum Gasteiger partial charge on any atom is 0.251 e. The summed E-state index contributed by atoms with van der Waals surface area (Å²) in [6.07, 6.45) is 6.48. The van der Waals surface area contributed by atoms with Crippen molar-refractivity contribution in [2.24, 2.45) is 11.8 Å². The van der Waals surface area contributed by atoms with Crippen molar-refractivity contribution in [3.05, 3.63) is 29.3 Å². The minimum Gasteiger partial charge on any atom is -0.352 e. The van der Waals surface area contributed by atoms with Crippen molar-refractivity contribution in [3.63, 3.8) is 0 Å². The molecule has 1 aromatic carbocycles. The lowest BCUT2D eigenvalue weighted by atomic mass is 9.77. The summed E-state index contributed by atoms with van der Waals surface area (Å²) in [7, 11) is 0. The topological polar surface area (TPSA) is 78.5 Å². The minimum atomic E-state index is -0.297. The molecule has 2 fully saturated rings. The van der Waals surface area contributed by atoms with E-state index in [1.807, 2.05) is 24.8 Å². The highest BCUT2D eigenvalue weighted by Gasteiger charge is 2.38. The Bertz CT molecular complexity index is 756. The second-order valence-electron chi connectivity index (χ2n) is 8.30. The van der Waals surface area contributed by atoms with E-state index in [2.05, 4.69) is 10.6 Å². The third-order valence-electron chi connectivity index (χ3n) is 6.13. The van der Waals surface area contributed by atoms with Gasteiger partial charge < -0.3 is 15.5 Å². The molecule has 1 aliphatic carbocycles. The number of nitrogens with zero attached hydrogens (tertiary/aromatic N) is 1. The molecule has 1 aliphatic heterocycles. The summed E-state index contributed by atoms with van der Waals surface area (Å²) in [5, 5.41) is 5.88. The standard InChI is InChI=1S/C23H33N3O3/c1-3-12-24-21(27)17-11-10-16(2)20(15-17)25-22(28)18-8-4-5-9-19(18)23(29)26-13-6-7-14-26/h10-11,15,18-19H,3-9,12-14H2,1-2H3,(H,24,27)(H,25,28)/t18-,19+/m0/s1. The smallest absolute Gasteiger partial charge is 0.251 e. The first-order valence-electron chi connectivity index (χ1n) is 11.0. The molecule has 0 aromatic heterocycles. The van der Waals surface area contributed by atoms with Gasteiger partial charge in [-0.15, -0.1) is 0 Å². The number of amides is 3. The Balaban J connectivity index is 1.72. The normalized spacial score (nSPS) is 21.7. The fourth-order valence-electron chi connectivity index (χ4n) is 4.38. The second kappa shape index (κ2) is 9.90. The highest BCUT2D eigenvalue weighted by atomic mass is 16.2. The number of nitrogens with one attached hydrogen (secondary N) is 2. The Morgan fingerprint density at radius 3 is 2.41 bits per heavy atom. The van der Waals surface area contributed by atoms with Gasteiger partial charge in [-0.05, 0) is 56.7 Å². The Kier molecular flexibility index (Phi) is 7.29. The summed E-state index contributed by atoms with van der Waals surface area (Å²) < 4.78 is 0. The Labute approximate surface area is 173 Å². The van der Waals surface area contributed by atoms with Crippen LogP contribution in [0.1, 0.15) is 67.8 Å². The molecule has 2 N–H and O–H groups in total. The molecule has 0 spiro atoms. The number of hydrogen-bond donors (Lipinski definition) is 2. The first-order valence-corrected chi connectivity index (χ1v) is 11.0. The molecule has 1 heterocycles. The van der Waals surface area contributed by atoms with Crippen LogP contribution in [-0.4, -0.2) is 42.3 Å². The van der Waals surface area contributed by atoms with Gasteiger partial charge in [-0.25, -0.2) is 0 Å². The van der Waals surface area contributed by atoms with Gasteiger partial charge in [-0.1, -0.05) is 25.8 Å². The number of likely N-dealkylation sites (tertiary alicyclic amines) is 1. The molecule has 29 heavy (non-hydrogen) atoms. The van der Waals surface area contributed by atoms with E-state index in [4.69, 9.17) is 0 Å². The molecule has 158 valence electrons. The zero-order chi connectivity index (χ0) is 20.8. The fourth-order valence-corrected chi connectivity index (χ4v) is 4.38. The summed E-state index contributed by atoms with van der Waals surface area (Å²) in [6, 6.07) is 5.36. The van der Waals surface area contributed by atoms with E-state index in [9.17, 15) is 14.4 Å². The van der Waals surface area contributed by atoms with E-state index in [0.717, 1.165) is 63.6 Å². The number of carbonyl (C=O) groups is 3. The van der Waals surface area contributed by atoms with E-state index < -0.39 is 0 Å². The molecule has 1 aromatic rings. The van der Waals surface area contributed by atoms with Crippen molar-refractivity contribution < 1.29 is 14.4 Å². The molecule has 3 rings (SSSR count). The Morgan fingerprint density at radius 1 is 1.03 bits per heavy atom. The number of benzene rings is 1. The first kappa shape index (κ1) is 21.3. The molecule has 6 nitrogen and oxygen atoms in total. The molecule has 3 amide bonds. The number of hydrogen-bond acceptors (Lipinski definition) is 3. The van der Waals surface area contributed by atoms with Crippen LogP contribution in [0.4, 0.5) is 5.69 Å². The van der Waals surface area contributed by atoms with Gasteiger partial charge in [0.15, 0.2) is 0 Å². The first-order chi connectivity index (χ1) is 14.0. The van der Waals surface area contributed by atoms with Crippen LogP contribution >= 0.6 is 0 Å². The number of rotatable bonds is 6. The maximum absolute atomic E-state index is 13.1. The molecule has 1 saturated heterocycles. The van der Waals surface area contributed by atoms with E-state index in [-0.39, 0.29) is 29.6 Å². The Hall–Kier alpha value is -2.37. The average molecular weight is 400 g/mol. The van der Waals surface area contributed by atoms with Gasteiger partial charge in [0.25, 0.3) is 5.91 Å². The van der Waals surface area contributed by atoms with Crippen LogP contribution in [0, 0.1) is 18.8 Å². The number of anilines is 1. The molecule has 2 aliphatic rings. The van der Waals surface area contributed by atoms with Crippen LogP contribution in [0.25, 0.3) is 0 Å². The fraction of sp³-hybridized carbons (Fsp3) is 0.609. The van der Waals surface area contributed by atoms with E-state index >= 15 is 0 Å². The molecule has 1 saturated carbocycles. The maximum atomic E-state index is 13.1. The van der Waals surface area contributed by atoms with E-state index in [0.29, 0.717) is 17.8 Å². The summed E-state index contributed by atoms with van der Waals surface area (Å²) in [5.74, 6) is -0.614. The molecule has 2 atom stereocenters. The average Bonchev–Trinajstić information content (AvgIpc) is 3.28. The van der Waals surface area contributed by atoms with Gasteiger partial charge in [-0.2, -0.15) is 0 Å². The number of carbonyl (C=O) groups excluding carboxylic acids is 3. The zero-order valence-electron chi connectivity index (χ0n) is 17.6. The van der Waals surface area contributed by atoms with Crippen LogP contribution in [0.3, 0.4) is 0 Å². The summed E-state index contributed by atoms with van der Waals surface area (Å²) in [5.41, 5.74) is 2.09. The molecular weight excluding hydrogens is 366 g/mol. The quantitative estimate of drug-likeness (QED) is 0.768. The highest BCUT2D eigenvalue weighted by Crippen LogP contribution is 2.33. The third kappa shape index (κ3) is 5.17. The van der Waals surface area contributed by atoms with Gasteiger partial charge >= 0.3 is 0 Å². The van der Waals surface area contributed by atoms with Gasteiger partial charge in [0.2, 0.25) is 11.8 Å². The molecule has 0 unspecified atom stereocenters. The van der Waals surface area contributed by atoms with E-state index in [1.54, 1.807) is 12.1 Å². The summed E-state index contributed by atoms with van der Waals surface area (Å²) >= 11 is 0. The van der Waals surface area contributed by atoms with Crippen LogP contribution < -0.4 is 10.6 Å². The number of aryl methyl sites for hydroxylation is 1. The van der Waals surface area contributed by atoms with Crippen molar-refractivity contribution in [2.75, 3.05) is 25.0 Å². The van der Waals surface area contributed by atoms with Crippen LogP contribution in [0.15, 0.2) is 18.2 Å². The summed E-state index contributed by atoms with van der Waals surface area (Å²) in [6.45, 7) is 6.17.